The first-order chi connectivity index (χ1) is 14.9. The van der Waals surface area contributed by atoms with E-state index in [4.69, 9.17) is 21.2 Å². The summed E-state index contributed by atoms with van der Waals surface area (Å²) in [4.78, 5) is 17.4. The maximum absolute atomic E-state index is 11.4. The van der Waals surface area contributed by atoms with Crippen LogP contribution in [0.3, 0.4) is 0 Å². The molecule has 1 unspecified atom stereocenters. The van der Waals surface area contributed by atoms with Crippen molar-refractivity contribution in [2.45, 2.75) is 39.2 Å². The lowest BCUT2D eigenvalue weighted by Crippen LogP contribution is -2.35. The van der Waals surface area contributed by atoms with Gasteiger partial charge in [0.2, 0.25) is 5.91 Å². The molecule has 166 valence electrons. The Labute approximate surface area is 187 Å². The predicted molar refractivity (Wildman–Crippen MR) is 121 cm³/mol. The molecule has 2 aromatic rings. The summed E-state index contributed by atoms with van der Waals surface area (Å²) in [6.45, 7) is 5.06. The molecule has 0 bridgehead atoms. The molecule has 3 rings (SSSR count). The van der Waals surface area contributed by atoms with Gasteiger partial charge in [0.05, 0.1) is 30.0 Å². The van der Waals surface area contributed by atoms with E-state index in [9.17, 15) is 9.90 Å². The number of nitrogens with zero attached hydrogens (tertiary/aromatic N) is 2. The summed E-state index contributed by atoms with van der Waals surface area (Å²) in [6, 6.07) is 13.3. The minimum atomic E-state index is -0.528. The van der Waals surface area contributed by atoms with Gasteiger partial charge in [-0.1, -0.05) is 35.9 Å². The Morgan fingerprint density at radius 2 is 2.03 bits per heavy atom. The Balaban J connectivity index is 1.61. The maximum atomic E-state index is 11.4. The number of carbonyl (C=O) groups is 1. The van der Waals surface area contributed by atoms with Crippen molar-refractivity contribution in [2.75, 3.05) is 19.7 Å². The summed E-state index contributed by atoms with van der Waals surface area (Å²) < 4.78 is 6.01. The van der Waals surface area contributed by atoms with E-state index in [1.54, 1.807) is 18.1 Å². The molecule has 2 aromatic carbocycles. The first-order valence-corrected chi connectivity index (χ1v) is 10.8. The zero-order valence-corrected chi connectivity index (χ0v) is 18.6. The van der Waals surface area contributed by atoms with Crippen LogP contribution in [-0.4, -0.2) is 47.6 Å². The number of aryl methyl sites for hydroxylation is 1. The van der Waals surface area contributed by atoms with Crippen LogP contribution in [0.5, 0.6) is 11.5 Å². The van der Waals surface area contributed by atoms with Gasteiger partial charge in [-0.25, -0.2) is 5.43 Å². The van der Waals surface area contributed by atoms with E-state index in [0.29, 0.717) is 49.7 Å². The number of para-hydroxylation sites is 2. The minimum Gasteiger partial charge on any atom is -0.491 e. The van der Waals surface area contributed by atoms with Crippen molar-refractivity contribution in [2.24, 2.45) is 5.10 Å². The SMILES string of the molecule is Cc1ccccc1ON(CCCOc1c(Cl)cccc1C1=NNC(=O)CC1)CC(C)O. The Morgan fingerprint density at radius 1 is 1.23 bits per heavy atom. The number of ether oxygens (including phenoxy) is 1. The molecule has 2 N–H and O–H groups in total. The van der Waals surface area contributed by atoms with Gasteiger partial charge in [0.15, 0.2) is 0 Å². The lowest BCUT2D eigenvalue weighted by molar-refractivity contribution is -0.121. The number of aliphatic hydroxyl groups excluding tert-OH is 1. The van der Waals surface area contributed by atoms with Gasteiger partial charge in [-0.3, -0.25) is 4.79 Å². The Hall–Kier alpha value is -2.61. The number of nitrogens with one attached hydrogen (secondary N) is 1. The third kappa shape index (κ3) is 6.69. The first kappa shape index (κ1) is 23.1. The molecule has 8 heteroatoms. The summed E-state index contributed by atoms with van der Waals surface area (Å²) in [5.41, 5.74) is 5.06. The highest BCUT2D eigenvalue weighted by molar-refractivity contribution is 6.32. The molecule has 1 amide bonds. The highest BCUT2D eigenvalue weighted by atomic mass is 35.5. The molecule has 31 heavy (non-hydrogen) atoms. The van der Waals surface area contributed by atoms with Gasteiger partial charge < -0.3 is 14.7 Å². The molecular weight excluding hydrogens is 418 g/mol. The first-order valence-electron chi connectivity index (χ1n) is 10.4. The topological polar surface area (TPSA) is 83.4 Å². The van der Waals surface area contributed by atoms with Crippen molar-refractivity contribution in [3.63, 3.8) is 0 Å². The fourth-order valence-electron chi connectivity index (χ4n) is 3.23. The molecule has 1 aliphatic heterocycles. The van der Waals surface area contributed by atoms with Crippen LogP contribution in [0.1, 0.15) is 37.3 Å². The molecule has 7 nitrogen and oxygen atoms in total. The van der Waals surface area contributed by atoms with Crippen LogP contribution < -0.4 is 15.0 Å². The molecule has 1 atom stereocenters. The molecule has 0 aromatic heterocycles. The lowest BCUT2D eigenvalue weighted by Gasteiger charge is -2.24. The summed E-state index contributed by atoms with van der Waals surface area (Å²) in [5, 5.41) is 16.2. The molecule has 1 heterocycles. The van der Waals surface area contributed by atoms with Gasteiger partial charge >= 0.3 is 0 Å². The quantitative estimate of drug-likeness (QED) is 0.430. The van der Waals surface area contributed by atoms with E-state index in [2.05, 4.69) is 10.5 Å². The van der Waals surface area contributed by atoms with Gasteiger partial charge in [-0.15, -0.1) is 5.06 Å². The number of hydrogen-bond acceptors (Lipinski definition) is 6. The average Bonchev–Trinajstić information content (AvgIpc) is 2.74. The summed E-state index contributed by atoms with van der Waals surface area (Å²) >= 11 is 6.38. The standard InChI is InChI=1S/C23H28ClN3O4/c1-16-7-3-4-10-21(16)31-27(15-17(2)28)13-6-14-30-23-18(8-5-9-19(23)24)20-11-12-22(29)26-25-20/h3-5,7-10,17,28H,6,11-15H2,1-2H3,(H,26,29). The second-order valence-corrected chi connectivity index (χ2v) is 7.91. The number of hydrogen-bond donors (Lipinski definition) is 2. The molecule has 0 spiro atoms. The normalized spacial score (nSPS) is 14.7. The van der Waals surface area contributed by atoms with Crippen LogP contribution in [0.15, 0.2) is 47.6 Å². The van der Waals surface area contributed by atoms with E-state index in [1.165, 1.54) is 0 Å². The van der Waals surface area contributed by atoms with Gasteiger partial charge in [-0.2, -0.15) is 5.10 Å². The van der Waals surface area contributed by atoms with Crippen molar-refractivity contribution in [1.29, 1.82) is 0 Å². The Bertz CT molecular complexity index is 933. The summed E-state index contributed by atoms with van der Waals surface area (Å²) in [7, 11) is 0. The third-order valence-electron chi connectivity index (χ3n) is 4.77. The van der Waals surface area contributed by atoms with Crippen molar-refractivity contribution >= 4 is 23.2 Å². The molecule has 0 saturated heterocycles. The van der Waals surface area contributed by atoms with E-state index in [0.717, 1.165) is 22.6 Å². The molecular formula is C23H28ClN3O4. The number of halogens is 1. The molecule has 0 aliphatic carbocycles. The molecule has 1 aliphatic rings. The van der Waals surface area contributed by atoms with E-state index < -0.39 is 6.10 Å². The third-order valence-corrected chi connectivity index (χ3v) is 5.07. The number of hydroxylamine groups is 2. The number of carbonyl (C=O) groups excluding carboxylic acids is 1. The zero-order valence-electron chi connectivity index (χ0n) is 17.8. The number of amides is 1. The van der Waals surface area contributed by atoms with E-state index >= 15 is 0 Å². The van der Waals surface area contributed by atoms with Gasteiger partial charge in [0, 0.05) is 24.9 Å². The van der Waals surface area contributed by atoms with Crippen molar-refractivity contribution in [1.82, 2.24) is 10.5 Å². The summed E-state index contributed by atoms with van der Waals surface area (Å²) in [6.07, 6.45) is 1.05. The number of aliphatic hydroxyl groups is 1. The smallest absolute Gasteiger partial charge is 0.240 e. The largest absolute Gasteiger partial charge is 0.491 e. The molecule has 0 radical (unpaired) electrons. The van der Waals surface area contributed by atoms with Crippen LogP contribution in [0.2, 0.25) is 5.02 Å². The zero-order chi connectivity index (χ0) is 22.2. The second-order valence-electron chi connectivity index (χ2n) is 7.51. The second kappa shape index (κ2) is 11.1. The van der Waals surface area contributed by atoms with Gasteiger partial charge in [0.1, 0.15) is 11.5 Å². The van der Waals surface area contributed by atoms with Crippen molar-refractivity contribution < 1.29 is 19.5 Å². The highest BCUT2D eigenvalue weighted by Crippen LogP contribution is 2.31. The predicted octanol–water partition coefficient (Wildman–Crippen LogP) is 3.71. The Morgan fingerprint density at radius 3 is 2.74 bits per heavy atom. The minimum absolute atomic E-state index is 0.0971. The number of rotatable bonds is 10. The summed E-state index contributed by atoms with van der Waals surface area (Å²) in [5.74, 6) is 1.22. The molecule has 0 fully saturated rings. The van der Waals surface area contributed by atoms with Crippen LogP contribution in [-0.2, 0) is 4.79 Å². The maximum Gasteiger partial charge on any atom is 0.240 e. The van der Waals surface area contributed by atoms with Crippen molar-refractivity contribution in [3.05, 3.63) is 58.6 Å². The van der Waals surface area contributed by atoms with E-state index in [-0.39, 0.29) is 5.91 Å². The fraction of sp³-hybridized carbons (Fsp3) is 0.391. The van der Waals surface area contributed by atoms with Crippen LogP contribution >= 0.6 is 11.6 Å². The van der Waals surface area contributed by atoms with Gasteiger partial charge in [-0.05, 0) is 44.0 Å². The van der Waals surface area contributed by atoms with Gasteiger partial charge in [0.25, 0.3) is 0 Å². The van der Waals surface area contributed by atoms with Crippen LogP contribution in [0.25, 0.3) is 0 Å². The van der Waals surface area contributed by atoms with Crippen LogP contribution in [0.4, 0.5) is 0 Å². The van der Waals surface area contributed by atoms with Crippen molar-refractivity contribution in [3.8, 4) is 11.5 Å². The fourth-order valence-corrected chi connectivity index (χ4v) is 3.46. The Kier molecular flexibility index (Phi) is 8.28. The van der Waals surface area contributed by atoms with Crippen LogP contribution in [0, 0.1) is 6.92 Å². The number of hydrazone groups is 1. The highest BCUT2D eigenvalue weighted by Gasteiger charge is 2.19. The average molecular weight is 446 g/mol. The van der Waals surface area contributed by atoms with E-state index in [1.807, 2.05) is 43.3 Å². The lowest BCUT2D eigenvalue weighted by atomic mass is 10.0. The monoisotopic (exact) mass is 445 g/mol. The molecule has 0 saturated carbocycles. The number of benzene rings is 2.